The van der Waals surface area contributed by atoms with Crippen molar-refractivity contribution in [3.8, 4) is 0 Å². The summed E-state index contributed by atoms with van der Waals surface area (Å²) in [5.41, 5.74) is 1.14. The van der Waals surface area contributed by atoms with E-state index in [0.29, 0.717) is 18.6 Å². The number of hydrogen-bond donors (Lipinski definition) is 2. The molecule has 1 fully saturated rings. The second-order valence-corrected chi connectivity index (χ2v) is 10.9. The number of amides is 1. The van der Waals surface area contributed by atoms with E-state index in [1.54, 1.807) is 23.7 Å². The molecule has 2 aromatic heterocycles. The number of carbonyl (C=O) groups is 3. The molecule has 0 saturated carbocycles. The van der Waals surface area contributed by atoms with Crippen LogP contribution >= 0.6 is 27.3 Å². The molecule has 2 aliphatic rings. The monoisotopic (exact) mass is 579 g/mol. The maximum Gasteiger partial charge on any atom is 0.328 e. The number of hydrogen-bond acceptors (Lipinski definition) is 8. The van der Waals surface area contributed by atoms with Gasteiger partial charge in [0.2, 0.25) is 11.9 Å². The van der Waals surface area contributed by atoms with Crippen molar-refractivity contribution in [2.75, 3.05) is 49.1 Å². The van der Waals surface area contributed by atoms with Gasteiger partial charge in [0.15, 0.2) is 0 Å². The first-order valence-corrected chi connectivity index (χ1v) is 13.4. The third-order valence-corrected chi connectivity index (χ3v) is 7.51. The first kappa shape index (κ1) is 27.8. The molecule has 4 rings (SSSR count). The second-order valence-electron chi connectivity index (χ2n) is 8.35. The second kappa shape index (κ2) is 14.0. The van der Waals surface area contributed by atoms with Crippen molar-refractivity contribution in [2.24, 2.45) is 0 Å². The van der Waals surface area contributed by atoms with Crippen molar-refractivity contribution < 1.29 is 24.6 Å². The molecule has 0 bridgehead atoms. The fourth-order valence-electron chi connectivity index (χ4n) is 4.08. The normalized spacial score (nSPS) is 16.3. The minimum absolute atomic E-state index is 0.278. The summed E-state index contributed by atoms with van der Waals surface area (Å²) < 4.78 is 1.12. The van der Waals surface area contributed by atoms with Crippen molar-refractivity contribution >= 4 is 56.7 Å². The molecule has 0 unspecified atom stereocenters. The largest absolute Gasteiger partial charge is 0.478 e. The Balaban J connectivity index is 0.000000392. The van der Waals surface area contributed by atoms with Gasteiger partial charge < -0.3 is 20.0 Å². The molecule has 0 atom stereocenters. The maximum absolute atomic E-state index is 12.5. The minimum Gasteiger partial charge on any atom is -0.478 e. The lowest BCUT2D eigenvalue weighted by atomic mass is 10.2. The Labute approximate surface area is 222 Å². The Kier molecular flexibility index (Phi) is 10.8. The van der Waals surface area contributed by atoms with Crippen LogP contribution in [0, 0.1) is 0 Å². The van der Waals surface area contributed by atoms with E-state index in [4.69, 9.17) is 10.2 Å². The number of aliphatic carboxylic acids is 2. The highest BCUT2D eigenvalue weighted by atomic mass is 79.9. The van der Waals surface area contributed by atoms with E-state index < -0.39 is 11.9 Å². The van der Waals surface area contributed by atoms with Crippen molar-refractivity contribution in [3.05, 3.63) is 45.3 Å². The van der Waals surface area contributed by atoms with Crippen LogP contribution in [-0.2, 0) is 20.8 Å². The zero-order valence-corrected chi connectivity index (χ0v) is 22.3. The number of unbranched alkanes of at least 4 members (excludes halogenated alkanes) is 1. The van der Waals surface area contributed by atoms with Gasteiger partial charge in [0.1, 0.15) is 0 Å². The number of fused-ring (bicyclic) bond motifs is 1. The molecule has 10 nitrogen and oxygen atoms in total. The highest BCUT2D eigenvalue weighted by molar-refractivity contribution is 9.11. The molecule has 0 aromatic carbocycles. The number of anilines is 2. The molecule has 4 heterocycles. The van der Waals surface area contributed by atoms with Crippen LogP contribution in [0.3, 0.4) is 0 Å². The molecule has 1 amide bonds. The molecular weight excluding hydrogens is 550 g/mol. The summed E-state index contributed by atoms with van der Waals surface area (Å²) in [7, 11) is 0. The molecule has 0 spiro atoms. The molecule has 194 valence electrons. The van der Waals surface area contributed by atoms with Crippen LogP contribution in [0.25, 0.3) is 0 Å². The van der Waals surface area contributed by atoms with Gasteiger partial charge in [-0.3, -0.25) is 9.69 Å². The zero-order valence-electron chi connectivity index (χ0n) is 19.9. The number of thiophene rings is 1. The first-order valence-electron chi connectivity index (χ1n) is 11.8. The van der Waals surface area contributed by atoms with E-state index in [9.17, 15) is 14.4 Å². The van der Waals surface area contributed by atoms with Crippen LogP contribution in [0.1, 0.15) is 30.6 Å². The Morgan fingerprint density at radius 3 is 2.28 bits per heavy atom. The maximum atomic E-state index is 12.5. The number of aryl methyl sites for hydroxylation is 1. The van der Waals surface area contributed by atoms with Gasteiger partial charge in [0.05, 0.1) is 9.47 Å². The van der Waals surface area contributed by atoms with Gasteiger partial charge in [-0.15, -0.1) is 11.3 Å². The van der Waals surface area contributed by atoms with E-state index >= 15 is 0 Å². The molecule has 2 N–H and O–H groups in total. The topological polar surface area (TPSA) is 127 Å². The Morgan fingerprint density at radius 2 is 1.64 bits per heavy atom. The predicted octanol–water partition coefficient (Wildman–Crippen LogP) is 3.28. The summed E-state index contributed by atoms with van der Waals surface area (Å²) in [5, 5.41) is 15.6. The predicted molar refractivity (Wildman–Crippen MR) is 142 cm³/mol. The third kappa shape index (κ3) is 8.68. The Bertz CT molecular complexity index is 1040. The highest BCUT2D eigenvalue weighted by Gasteiger charge is 2.24. The van der Waals surface area contributed by atoms with Crippen LogP contribution in [0.2, 0.25) is 0 Å². The van der Waals surface area contributed by atoms with Gasteiger partial charge in [0.25, 0.3) is 0 Å². The molecule has 36 heavy (non-hydrogen) atoms. The summed E-state index contributed by atoms with van der Waals surface area (Å²) in [6.45, 7) is 5.95. The summed E-state index contributed by atoms with van der Waals surface area (Å²) in [4.78, 5) is 48.5. The quantitative estimate of drug-likeness (QED) is 0.357. The number of halogens is 1. The van der Waals surface area contributed by atoms with E-state index in [2.05, 4.69) is 41.8 Å². The number of carboxylic acid groups (broad SMARTS) is 2. The summed E-state index contributed by atoms with van der Waals surface area (Å²) in [6, 6.07) is 3.97. The average molecular weight is 581 g/mol. The van der Waals surface area contributed by atoms with E-state index in [1.807, 2.05) is 11.0 Å². The number of rotatable bonds is 8. The average Bonchev–Trinajstić information content (AvgIpc) is 3.17. The van der Waals surface area contributed by atoms with Crippen LogP contribution in [0.15, 0.2) is 40.5 Å². The standard InChI is InChI=1S/C20H26BrN5OS.C4H4O4/c21-18-15-16-17(28-18)5-3-6-19(27)26(16)10-2-1-9-24-11-13-25(14-12-24)20-22-7-4-8-23-20;5-3(6)1-2-4(7)8/h4,7-8,15H,1-3,5-6,9-14H2;1-2H,(H,5,6)(H,7,8). The number of piperazine rings is 1. The Morgan fingerprint density at radius 1 is 1.00 bits per heavy atom. The Hall–Kier alpha value is -2.83. The molecule has 12 heteroatoms. The first-order chi connectivity index (χ1) is 17.3. The molecule has 1 saturated heterocycles. The number of aromatic nitrogens is 2. The fraction of sp³-hybridized carbons (Fsp3) is 0.458. The summed E-state index contributed by atoms with van der Waals surface area (Å²) in [6.07, 6.45) is 9.53. The number of carbonyl (C=O) groups excluding carboxylic acids is 1. The summed E-state index contributed by atoms with van der Waals surface area (Å²) >= 11 is 5.35. The lowest BCUT2D eigenvalue weighted by Gasteiger charge is -2.34. The van der Waals surface area contributed by atoms with Gasteiger partial charge in [-0.1, -0.05) is 0 Å². The highest BCUT2D eigenvalue weighted by Crippen LogP contribution is 2.37. The molecule has 0 aliphatic carbocycles. The number of carboxylic acids is 2. The third-order valence-electron chi connectivity index (χ3n) is 5.82. The molecular formula is C24H30BrN5O5S. The van der Waals surface area contributed by atoms with E-state index in [-0.39, 0.29) is 5.91 Å². The van der Waals surface area contributed by atoms with E-state index in [1.165, 1.54) is 4.88 Å². The minimum atomic E-state index is -1.26. The van der Waals surface area contributed by atoms with Crippen LogP contribution < -0.4 is 9.80 Å². The van der Waals surface area contributed by atoms with Crippen LogP contribution in [0.5, 0.6) is 0 Å². The van der Waals surface area contributed by atoms with Gasteiger partial charge in [0, 0.05) is 68.6 Å². The zero-order chi connectivity index (χ0) is 25.9. The van der Waals surface area contributed by atoms with Crippen molar-refractivity contribution in [1.82, 2.24) is 14.9 Å². The lowest BCUT2D eigenvalue weighted by Crippen LogP contribution is -2.47. The van der Waals surface area contributed by atoms with Crippen LogP contribution in [-0.4, -0.2) is 82.2 Å². The van der Waals surface area contributed by atoms with Gasteiger partial charge >= 0.3 is 11.9 Å². The SMILES string of the molecule is O=C(O)C=CC(=O)O.O=C1CCCc2sc(Br)cc2N1CCCCN1CCN(c2ncccn2)CC1. The number of nitrogens with zero attached hydrogens (tertiary/aromatic N) is 5. The van der Waals surface area contributed by atoms with Crippen molar-refractivity contribution in [2.45, 2.75) is 32.1 Å². The fourth-order valence-corrected chi connectivity index (χ4v) is 5.81. The summed E-state index contributed by atoms with van der Waals surface area (Å²) in [5.74, 6) is -1.40. The van der Waals surface area contributed by atoms with Gasteiger partial charge in [-0.05, 0) is 60.3 Å². The van der Waals surface area contributed by atoms with Crippen LogP contribution in [0.4, 0.5) is 11.6 Å². The lowest BCUT2D eigenvalue weighted by molar-refractivity contribution is -0.134. The molecule has 2 aromatic rings. The van der Waals surface area contributed by atoms with Crippen molar-refractivity contribution in [1.29, 1.82) is 0 Å². The molecule has 0 radical (unpaired) electrons. The van der Waals surface area contributed by atoms with Gasteiger partial charge in [-0.25, -0.2) is 19.6 Å². The van der Waals surface area contributed by atoms with Gasteiger partial charge in [-0.2, -0.15) is 0 Å². The smallest absolute Gasteiger partial charge is 0.328 e. The van der Waals surface area contributed by atoms with Crippen molar-refractivity contribution in [3.63, 3.8) is 0 Å². The van der Waals surface area contributed by atoms with E-state index in [0.717, 1.165) is 80.4 Å². The molecule has 2 aliphatic heterocycles.